The van der Waals surface area contributed by atoms with E-state index in [4.69, 9.17) is 4.74 Å². The lowest BCUT2D eigenvalue weighted by atomic mass is 9.92. The molecule has 0 aliphatic heterocycles. The number of ether oxygens (including phenoxy) is 1. The van der Waals surface area contributed by atoms with Crippen molar-refractivity contribution in [3.8, 4) is 0 Å². The summed E-state index contributed by atoms with van der Waals surface area (Å²) in [7, 11) is 0. The first-order valence-electron chi connectivity index (χ1n) is 7.04. The van der Waals surface area contributed by atoms with E-state index in [9.17, 15) is 4.79 Å². The normalized spacial score (nSPS) is 12.2. The molecule has 0 aliphatic carbocycles. The molecule has 0 aromatic heterocycles. The summed E-state index contributed by atoms with van der Waals surface area (Å²) < 4.78 is 5.21. The summed E-state index contributed by atoms with van der Waals surface area (Å²) in [6, 6.07) is 9.65. The van der Waals surface area contributed by atoms with Crippen LogP contribution in [0, 0.1) is 5.41 Å². The Morgan fingerprint density at radius 1 is 1.20 bits per heavy atom. The van der Waals surface area contributed by atoms with Gasteiger partial charge in [0.25, 0.3) is 0 Å². The molecule has 1 aromatic rings. The zero-order valence-electron chi connectivity index (χ0n) is 12.6. The molecule has 0 saturated heterocycles. The average molecular weight is 272 g/mol. The van der Waals surface area contributed by atoms with Crippen LogP contribution in [0.25, 0.3) is 0 Å². The number of carbonyl (C=O) groups excluding carboxylic acids is 1. The molecule has 0 bridgehead atoms. The standard InChI is InChI=1S/C18H24O2/c1-4-12-18(2,3)13-8-9-14-20-17(19)15-16-10-6-5-7-11-16/h4-8,10-13H,9,14-15H2,1-3H3/b12-4+,13-8+. The molecule has 2 nitrogen and oxygen atoms in total. The minimum absolute atomic E-state index is 0.0583. The van der Waals surface area contributed by atoms with Crippen LogP contribution in [0.5, 0.6) is 0 Å². The van der Waals surface area contributed by atoms with Gasteiger partial charge in [0, 0.05) is 5.41 Å². The molecule has 0 aliphatic rings. The third-order valence-electron chi connectivity index (χ3n) is 2.88. The molecule has 0 saturated carbocycles. The highest BCUT2D eigenvalue weighted by Gasteiger charge is 2.07. The molecule has 0 amide bonds. The Labute approximate surface area is 122 Å². The zero-order valence-corrected chi connectivity index (χ0v) is 12.6. The lowest BCUT2D eigenvalue weighted by Crippen LogP contribution is -2.08. The molecule has 0 radical (unpaired) electrons. The largest absolute Gasteiger partial charge is 0.465 e. The summed E-state index contributed by atoms with van der Waals surface area (Å²) in [5.41, 5.74) is 1.05. The number of esters is 1. The van der Waals surface area contributed by atoms with Crippen molar-refractivity contribution in [1.29, 1.82) is 0 Å². The number of rotatable bonds is 7. The van der Waals surface area contributed by atoms with E-state index in [-0.39, 0.29) is 11.4 Å². The van der Waals surface area contributed by atoms with Gasteiger partial charge in [-0.05, 0) is 18.9 Å². The minimum atomic E-state index is -0.169. The molecule has 1 rings (SSSR count). The van der Waals surface area contributed by atoms with Crippen LogP contribution in [0.15, 0.2) is 54.6 Å². The van der Waals surface area contributed by atoms with E-state index in [1.807, 2.05) is 43.3 Å². The van der Waals surface area contributed by atoms with E-state index >= 15 is 0 Å². The average Bonchev–Trinajstić information content (AvgIpc) is 2.39. The third kappa shape index (κ3) is 6.93. The number of benzene rings is 1. The predicted molar refractivity (Wildman–Crippen MR) is 83.5 cm³/mol. The lowest BCUT2D eigenvalue weighted by Gasteiger charge is -2.13. The topological polar surface area (TPSA) is 26.3 Å². The van der Waals surface area contributed by atoms with Crippen molar-refractivity contribution in [1.82, 2.24) is 0 Å². The fourth-order valence-electron chi connectivity index (χ4n) is 1.93. The second-order valence-corrected chi connectivity index (χ2v) is 5.40. The fraction of sp³-hybridized carbons (Fsp3) is 0.389. The smallest absolute Gasteiger partial charge is 0.310 e. The highest BCUT2D eigenvalue weighted by atomic mass is 16.5. The van der Waals surface area contributed by atoms with Crippen LogP contribution in [0.2, 0.25) is 0 Å². The number of carbonyl (C=O) groups is 1. The molecule has 0 fully saturated rings. The molecular formula is C18H24O2. The molecule has 0 heterocycles. The maximum atomic E-state index is 11.6. The Bertz CT molecular complexity index is 456. The molecule has 0 N–H and O–H groups in total. The van der Waals surface area contributed by atoms with Crippen molar-refractivity contribution in [2.24, 2.45) is 5.41 Å². The van der Waals surface area contributed by atoms with Crippen LogP contribution in [0.3, 0.4) is 0 Å². The van der Waals surface area contributed by atoms with Crippen LogP contribution in [-0.2, 0) is 16.0 Å². The predicted octanol–water partition coefficient (Wildman–Crippen LogP) is 4.32. The fourth-order valence-corrected chi connectivity index (χ4v) is 1.93. The maximum Gasteiger partial charge on any atom is 0.310 e. The second-order valence-electron chi connectivity index (χ2n) is 5.40. The quantitative estimate of drug-likeness (QED) is 0.420. The van der Waals surface area contributed by atoms with Gasteiger partial charge in [-0.2, -0.15) is 0 Å². The Hall–Kier alpha value is -1.83. The van der Waals surface area contributed by atoms with Crippen molar-refractivity contribution in [3.05, 3.63) is 60.2 Å². The molecule has 0 atom stereocenters. The minimum Gasteiger partial charge on any atom is -0.465 e. The van der Waals surface area contributed by atoms with E-state index in [0.29, 0.717) is 13.0 Å². The van der Waals surface area contributed by atoms with E-state index in [2.05, 4.69) is 32.1 Å². The summed E-state index contributed by atoms with van der Waals surface area (Å²) in [4.78, 5) is 11.6. The summed E-state index contributed by atoms with van der Waals surface area (Å²) in [5, 5.41) is 0. The Morgan fingerprint density at radius 2 is 1.90 bits per heavy atom. The van der Waals surface area contributed by atoms with Gasteiger partial charge < -0.3 is 4.74 Å². The first-order chi connectivity index (χ1) is 9.53. The van der Waals surface area contributed by atoms with Crippen LogP contribution in [-0.4, -0.2) is 12.6 Å². The second kappa shape index (κ2) is 8.36. The molecule has 0 unspecified atom stereocenters. The van der Waals surface area contributed by atoms with Crippen molar-refractivity contribution < 1.29 is 9.53 Å². The summed E-state index contributed by atoms with van der Waals surface area (Å²) in [5.74, 6) is -0.169. The molecular weight excluding hydrogens is 248 g/mol. The van der Waals surface area contributed by atoms with Gasteiger partial charge in [0.05, 0.1) is 13.0 Å². The summed E-state index contributed by atoms with van der Waals surface area (Å²) in [6.45, 7) is 6.74. The van der Waals surface area contributed by atoms with Crippen LogP contribution >= 0.6 is 0 Å². The van der Waals surface area contributed by atoms with Gasteiger partial charge in [0.1, 0.15) is 0 Å². The Balaban J connectivity index is 2.24. The van der Waals surface area contributed by atoms with E-state index in [0.717, 1.165) is 12.0 Å². The van der Waals surface area contributed by atoms with Gasteiger partial charge >= 0.3 is 5.97 Å². The van der Waals surface area contributed by atoms with Crippen LogP contribution < -0.4 is 0 Å². The molecule has 0 spiro atoms. The highest BCUT2D eigenvalue weighted by Crippen LogP contribution is 2.18. The monoisotopic (exact) mass is 272 g/mol. The van der Waals surface area contributed by atoms with Crippen LogP contribution in [0.4, 0.5) is 0 Å². The van der Waals surface area contributed by atoms with Gasteiger partial charge in [-0.1, -0.05) is 68.5 Å². The van der Waals surface area contributed by atoms with Crippen LogP contribution in [0.1, 0.15) is 32.8 Å². The maximum absolute atomic E-state index is 11.6. The number of allylic oxidation sites excluding steroid dienone is 3. The van der Waals surface area contributed by atoms with Crippen molar-refractivity contribution in [2.45, 2.75) is 33.6 Å². The zero-order chi connectivity index (χ0) is 14.8. The highest BCUT2D eigenvalue weighted by molar-refractivity contribution is 5.72. The first kappa shape index (κ1) is 16.2. The Kier molecular flexibility index (Phi) is 6.78. The molecule has 20 heavy (non-hydrogen) atoms. The van der Waals surface area contributed by atoms with E-state index in [1.54, 1.807) is 0 Å². The summed E-state index contributed by atoms with van der Waals surface area (Å²) >= 11 is 0. The molecule has 1 aromatic carbocycles. The third-order valence-corrected chi connectivity index (χ3v) is 2.88. The number of hydrogen-bond acceptors (Lipinski definition) is 2. The SMILES string of the molecule is C/C=C/C(C)(C)/C=C/CCOC(=O)Cc1ccccc1. The first-order valence-corrected chi connectivity index (χ1v) is 7.04. The van der Waals surface area contributed by atoms with E-state index in [1.165, 1.54) is 0 Å². The van der Waals surface area contributed by atoms with E-state index < -0.39 is 0 Å². The molecule has 108 valence electrons. The van der Waals surface area contributed by atoms with Gasteiger partial charge in [-0.3, -0.25) is 4.79 Å². The van der Waals surface area contributed by atoms with Crippen molar-refractivity contribution in [3.63, 3.8) is 0 Å². The lowest BCUT2D eigenvalue weighted by molar-refractivity contribution is -0.142. The summed E-state index contributed by atoms with van der Waals surface area (Å²) in [6.07, 6.45) is 9.49. The van der Waals surface area contributed by atoms with Gasteiger partial charge in [-0.15, -0.1) is 0 Å². The molecule has 2 heteroatoms. The van der Waals surface area contributed by atoms with Crippen molar-refractivity contribution >= 4 is 5.97 Å². The Morgan fingerprint density at radius 3 is 2.55 bits per heavy atom. The van der Waals surface area contributed by atoms with Crippen molar-refractivity contribution in [2.75, 3.05) is 6.61 Å². The van der Waals surface area contributed by atoms with Gasteiger partial charge in [-0.25, -0.2) is 0 Å². The van der Waals surface area contributed by atoms with Gasteiger partial charge in [0.2, 0.25) is 0 Å². The number of hydrogen-bond donors (Lipinski definition) is 0. The van der Waals surface area contributed by atoms with Gasteiger partial charge in [0.15, 0.2) is 0 Å².